The van der Waals surface area contributed by atoms with Gasteiger partial charge in [-0.2, -0.15) is 4.98 Å². The van der Waals surface area contributed by atoms with E-state index in [0.717, 1.165) is 85.6 Å². The van der Waals surface area contributed by atoms with Crippen molar-refractivity contribution in [3.8, 4) is 21.9 Å². The first-order chi connectivity index (χ1) is 37.9. The number of rotatable bonds is 25. The van der Waals surface area contributed by atoms with Crippen molar-refractivity contribution < 1.29 is 47.3 Å². The summed E-state index contributed by atoms with van der Waals surface area (Å²) in [5.41, 5.74) is 4.64. The van der Waals surface area contributed by atoms with Gasteiger partial charge in [0.25, 0.3) is 5.92 Å². The number of aromatic nitrogens is 3. The Morgan fingerprint density at radius 3 is 2.29 bits per heavy atom. The van der Waals surface area contributed by atoms with E-state index in [4.69, 9.17) is 24.2 Å². The standard InChI is InChI=1S/C57H81F2N11O8S/c1-38-50(79-37-62-38)40-13-11-39(12-14-40)35-61-53(74)45-32-42(71)36-70(45)54(75)51(56(2,3)4)65-49(73)17-30-77-31-20-60-48(72)10-8-23-68-25-15-41(16-26-68)63-52-43-33-46(76-5)47(78-29-9-24-67-21-6-7-22-67)34-44(43)64-55(66-52)69-27-18-57(58,59)19-28-69/h11-14,33-34,37,41-42,45,51,71H,6-10,15-32,35-36H2,1-5H3,(H,60,72)(H,61,74)(H,65,73)(H,63,64,66)/t42-,45+,51-/m1/s1. The number of amides is 4. The predicted octanol–water partition coefficient (Wildman–Crippen LogP) is 6.16. The predicted molar refractivity (Wildman–Crippen MR) is 301 cm³/mol. The summed E-state index contributed by atoms with van der Waals surface area (Å²) in [4.78, 5) is 76.7. The fourth-order valence-corrected chi connectivity index (χ4v) is 11.6. The van der Waals surface area contributed by atoms with Gasteiger partial charge in [0.1, 0.15) is 17.9 Å². The number of nitrogens with one attached hydrogen (secondary N) is 4. The van der Waals surface area contributed by atoms with Crippen LogP contribution < -0.4 is 35.6 Å². The van der Waals surface area contributed by atoms with Crippen molar-refractivity contribution in [3.05, 3.63) is 53.2 Å². The number of likely N-dealkylation sites (tertiary alicyclic amines) is 3. The highest BCUT2D eigenvalue weighted by Gasteiger charge is 2.44. The van der Waals surface area contributed by atoms with Crippen LogP contribution in [0.2, 0.25) is 0 Å². The molecule has 4 saturated heterocycles. The van der Waals surface area contributed by atoms with Crippen LogP contribution in [0.4, 0.5) is 20.5 Å². The SMILES string of the molecule is COc1cc2c(NC3CCN(CCCC(=O)NCCOCCC(=O)N[C@H](C(=O)N4C[C@H](O)C[C@H]4C(=O)NCc4ccc(-c5scnc5C)cc4)C(C)(C)C)CC3)nc(N3CCC(F)(F)CC3)nc2cc1OCCCN1CCCC1. The number of halogens is 2. The van der Waals surface area contributed by atoms with Crippen LogP contribution in [0.15, 0.2) is 41.9 Å². The lowest BCUT2D eigenvalue weighted by Gasteiger charge is -2.35. The number of methoxy groups -OCH3 is 1. The average molecular weight is 1120 g/mol. The molecule has 0 unspecified atom stereocenters. The Kier molecular flexibility index (Phi) is 20.7. The van der Waals surface area contributed by atoms with E-state index in [0.29, 0.717) is 48.2 Å². The van der Waals surface area contributed by atoms with E-state index in [1.165, 1.54) is 17.7 Å². The molecule has 0 spiro atoms. The Morgan fingerprint density at radius 2 is 1.59 bits per heavy atom. The minimum atomic E-state index is -2.70. The van der Waals surface area contributed by atoms with Crippen molar-refractivity contribution in [1.29, 1.82) is 0 Å². The lowest BCUT2D eigenvalue weighted by molar-refractivity contribution is -0.144. The van der Waals surface area contributed by atoms with E-state index in [9.17, 15) is 33.1 Å². The van der Waals surface area contributed by atoms with Gasteiger partial charge in [-0.1, -0.05) is 45.0 Å². The zero-order valence-electron chi connectivity index (χ0n) is 46.6. The molecule has 4 aliphatic rings. The molecule has 432 valence electrons. The molecule has 5 N–H and O–H groups in total. The van der Waals surface area contributed by atoms with Gasteiger partial charge < -0.3 is 60.2 Å². The van der Waals surface area contributed by atoms with E-state index in [-0.39, 0.29) is 89.5 Å². The van der Waals surface area contributed by atoms with Gasteiger partial charge in [0.05, 0.1) is 54.6 Å². The molecule has 0 aliphatic carbocycles. The third kappa shape index (κ3) is 16.6. The minimum Gasteiger partial charge on any atom is -0.493 e. The molecule has 4 fully saturated rings. The highest BCUT2D eigenvalue weighted by atomic mass is 32.1. The number of carbonyl (C=O) groups is 4. The highest BCUT2D eigenvalue weighted by Crippen LogP contribution is 2.38. The number of nitrogens with zero attached hydrogens (tertiary/aromatic N) is 7. The first kappa shape index (κ1) is 59.3. The summed E-state index contributed by atoms with van der Waals surface area (Å²) in [6.45, 7) is 14.8. The number of β-amino-alcohol motifs (C(OH)–C–C–N with tert-alkyl or cyclic N) is 1. The van der Waals surface area contributed by atoms with Crippen LogP contribution in [0.25, 0.3) is 21.3 Å². The number of thiazole rings is 1. The maximum atomic E-state index is 14.2. The van der Waals surface area contributed by atoms with Gasteiger partial charge in [-0.05, 0) is 87.7 Å². The summed E-state index contributed by atoms with van der Waals surface area (Å²) in [6.07, 6.45) is 4.77. The van der Waals surface area contributed by atoms with Crippen LogP contribution in [-0.4, -0.2) is 181 Å². The van der Waals surface area contributed by atoms with Crippen molar-refractivity contribution in [2.45, 2.75) is 135 Å². The molecule has 2 aromatic carbocycles. The Bertz CT molecular complexity index is 2670. The second-order valence-electron chi connectivity index (χ2n) is 22.5. The summed E-state index contributed by atoms with van der Waals surface area (Å²) < 4.78 is 46.1. The van der Waals surface area contributed by atoms with Crippen molar-refractivity contribution in [3.63, 3.8) is 0 Å². The number of hydrogen-bond acceptors (Lipinski definition) is 16. The smallest absolute Gasteiger partial charge is 0.251 e. The normalized spacial score (nSPS) is 19.6. The van der Waals surface area contributed by atoms with E-state index in [2.05, 4.69) is 36.1 Å². The van der Waals surface area contributed by atoms with Gasteiger partial charge in [0, 0.05) is 102 Å². The zero-order chi connectivity index (χ0) is 56.1. The molecule has 8 rings (SSSR count). The van der Waals surface area contributed by atoms with Crippen LogP contribution in [0.1, 0.15) is 103 Å². The van der Waals surface area contributed by atoms with Crippen molar-refractivity contribution >= 4 is 57.6 Å². The number of piperidine rings is 2. The van der Waals surface area contributed by atoms with Crippen LogP contribution in [0.3, 0.4) is 0 Å². The summed E-state index contributed by atoms with van der Waals surface area (Å²) in [7, 11) is 1.61. The summed E-state index contributed by atoms with van der Waals surface area (Å²) in [5.74, 6) is -1.79. The van der Waals surface area contributed by atoms with E-state index >= 15 is 0 Å². The van der Waals surface area contributed by atoms with Crippen molar-refractivity contribution in [1.82, 2.24) is 45.6 Å². The molecular weight excluding hydrogens is 1040 g/mol. The molecule has 3 atom stereocenters. The molecule has 19 nitrogen and oxygen atoms in total. The van der Waals surface area contributed by atoms with E-state index in [1.54, 1.807) is 18.4 Å². The Labute approximate surface area is 466 Å². The van der Waals surface area contributed by atoms with Crippen LogP contribution >= 0.6 is 11.3 Å². The van der Waals surface area contributed by atoms with Gasteiger partial charge in [0.2, 0.25) is 29.6 Å². The molecule has 6 heterocycles. The van der Waals surface area contributed by atoms with E-state index in [1.807, 2.05) is 74.5 Å². The summed E-state index contributed by atoms with van der Waals surface area (Å²) in [6, 6.07) is 9.88. The first-order valence-corrected chi connectivity index (χ1v) is 29.1. The maximum Gasteiger partial charge on any atom is 0.251 e. The van der Waals surface area contributed by atoms with Gasteiger partial charge >= 0.3 is 0 Å². The Morgan fingerprint density at radius 1 is 0.873 bits per heavy atom. The minimum absolute atomic E-state index is 0.0167. The van der Waals surface area contributed by atoms with Gasteiger partial charge in [0.15, 0.2) is 11.5 Å². The quantitative estimate of drug-likeness (QED) is 0.0470. The summed E-state index contributed by atoms with van der Waals surface area (Å²) in [5, 5.41) is 23.7. The van der Waals surface area contributed by atoms with Gasteiger partial charge in [-0.25, -0.2) is 18.7 Å². The second kappa shape index (κ2) is 27.6. The highest BCUT2D eigenvalue weighted by molar-refractivity contribution is 7.13. The fourth-order valence-electron chi connectivity index (χ4n) is 10.7. The number of aliphatic hydroxyl groups is 1. The first-order valence-electron chi connectivity index (χ1n) is 28.2. The molecule has 22 heteroatoms. The second-order valence-corrected chi connectivity index (χ2v) is 23.4. The van der Waals surface area contributed by atoms with Crippen LogP contribution in [0.5, 0.6) is 11.5 Å². The van der Waals surface area contributed by atoms with Crippen molar-refractivity contribution in [2.24, 2.45) is 5.41 Å². The lowest BCUT2D eigenvalue weighted by Crippen LogP contribution is -2.57. The largest absolute Gasteiger partial charge is 0.493 e. The molecule has 0 saturated carbocycles. The number of fused-ring (bicyclic) bond motifs is 1. The van der Waals surface area contributed by atoms with Crippen LogP contribution in [0, 0.1) is 12.3 Å². The topological polar surface area (TPSA) is 216 Å². The lowest BCUT2D eigenvalue weighted by atomic mass is 9.85. The third-order valence-corrected chi connectivity index (χ3v) is 16.4. The molecule has 0 bridgehead atoms. The molecule has 2 aromatic heterocycles. The Hall–Kier alpha value is -5.81. The molecule has 0 radical (unpaired) electrons. The monoisotopic (exact) mass is 1120 g/mol. The number of alkyl halides is 2. The Balaban J connectivity index is 0.728. The molecule has 4 aliphatic heterocycles. The van der Waals surface area contributed by atoms with Crippen LogP contribution in [-0.2, 0) is 30.5 Å². The average Bonchev–Trinajstić information content (AvgIpc) is 4.30. The van der Waals surface area contributed by atoms with Crippen molar-refractivity contribution in [2.75, 3.05) is 103 Å². The number of carbonyl (C=O) groups excluding carboxylic acids is 4. The fraction of sp³-hybridized carbons (Fsp3) is 0.632. The third-order valence-electron chi connectivity index (χ3n) is 15.4. The number of aliphatic hydroxyl groups excluding tert-OH is 1. The number of hydrogen-bond donors (Lipinski definition) is 5. The van der Waals surface area contributed by atoms with Gasteiger partial charge in [-0.15, -0.1) is 11.3 Å². The zero-order valence-corrected chi connectivity index (χ0v) is 47.4. The van der Waals surface area contributed by atoms with E-state index < -0.39 is 41.3 Å². The molecule has 4 aromatic rings. The number of ether oxygens (including phenoxy) is 3. The number of aryl methyl sites for hydroxylation is 1. The maximum absolute atomic E-state index is 14.2. The summed E-state index contributed by atoms with van der Waals surface area (Å²) >= 11 is 1.57. The van der Waals surface area contributed by atoms with Gasteiger partial charge in [-0.3, -0.25) is 19.2 Å². The molecule has 79 heavy (non-hydrogen) atoms. The molecule has 4 amide bonds. The number of anilines is 2. The number of benzene rings is 2. The molecular formula is C57H81F2N11O8S.